The molecule has 0 aromatic carbocycles. The van der Waals surface area contributed by atoms with Gasteiger partial charge in [0.05, 0.1) is 0 Å². The molecule has 0 radical (unpaired) electrons. The second kappa shape index (κ2) is 8.30. The van der Waals surface area contributed by atoms with Crippen LogP contribution in [0.2, 0.25) is 5.15 Å². The Labute approximate surface area is 168 Å². The van der Waals surface area contributed by atoms with Crippen LogP contribution < -0.4 is 5.32 Å². The van der Waals surface area contributed by atoms with Gasteiger partial charge in [0.1, 0.15) is 10.8 Å². The van der Waals surface area contributed by atoms with Gasteiger partial charge in [-0.1, -0.05) is 11.6 Å². The van der Waals surface area contributed by atoms with Crippen LogP contribution in [0.5, 0.6) is 0 Å². The number of aryl methyl sites for hydroxylation is 1. The topological polar surface area (TPSA) is 102 Å². The van der Waals surface area contributed by atoms with Gasteiger partial charge in [-0.25, -0.2) is 4.79 Å². The first-order chi connectivity index (χ1) is 13.2. The van der Waals surface area contributed by atoms with Gasteiger partial charge >= 0.3 is 6.09 Å². The Kier molecular flexibility index (Phi) is 6.02. The van der Waals surface area contributed by atoms with Crippen molar-refractivity contribution >= 4 is 29.2 Å². The van der Waals surface area contributed by atoms with Crippen molar-refractivity contribution in [3.8, 4) is 0 Å². The molecule has 1 N–H and O–H groups in total. The summed E-state index contributed by atoms with van der Waals surface area (Å²) in [5.41, 5.74) is 0.0851. The number of halogens is 1. The zero-order valence-electron chi connectivity index (χ0n) is 16.3. The van der Waals surface area contributed by atoms with Gasteiger partial charge in [-0.2, -0.15) is 9.61 Å². The van der Waals surface area contributed by atoms with Crippen molar-refractivity contribution in [1.82, 2.24) is 30.0 Å². The maximum absolute atomic E-state index is 12.3. The Morgan fingerprint density at radius 3 is 2.64 bits per heavy atom. The highest BCUT2D eigenvalue weighted by atomic mass is 35.5. The fraction of sp³-hybridized carbons (Fsp3) is 0.611. The SMILES string of the molecule is CC(C)(C)OC(=O)N1CCC(NC(=O)CCc2nnc3ccc(Cl)nn23)CC1. The standard InChI is InChI=1S/C18H25ClN6O3/c1-18(2,3)28-17(27)24-10-8-12(9-11-24)20-16(26)7-6-15-22-21-14-5-4-13(19)23-25(14)15/h4-5,12H,6-11H2,1-3H3,(H,20,26). The normalized spacial score (nSPS) is 15.6. The van der Waals surface area contributed by atoms with E-state index >= 15 is 0 Å². The van der Waals surface area contributed by atoms with E-state index in [1.54, 1.807) is 21.5 Å². The number of hydrogen-bond acceptors (Lipinski definition) is 6. The van der Waals surface area contributed by atoms with Gasteiger partial charge < -0.3 is 15.0 Å². The van der Waals surface area contributed by atoms with Crippen LogP contribution in [-0.4, -0.2) is 61.4 Å². The lowest BCUT2D eigenvalue weighted by Gasteiger charge is -2.33. The third-order valence-corrected chi connectivity index (χ3v) is 4.58. The predicted octanol–water partition coefficient (Wildman–Crippen LogP) is 2.23. The lowest BCUT2D eigenvalue weighted by atomic mass is 10.1. The fourth-order valence-corrected chi connectivity index (χ4v) is 3.16. The summed E-state index contributed by atoms with van der Waals surface area (Å²) < 4.78 is 6.94. The molecule has 2 amide bonds. The van der Waals surface area contributed by atoms with Crippen LogP contribution in [0, 0.1) is 0 Å². The number of piperidine rings is 1. The first kappa shape index (κ1) is 20.3. The number of fused-ring (bicyclic) bond motifs is 1. The summed E-state index contributed by atoms with van der Waals surface area (Å²) in [7, 11) is 0. The summed E-state index contributed by atoms with van der Waals surface area (Å²) in [5, 5.41) is 15.6. The molecule has 9 nitrogen and oxygen atoms in total. The average molecular weight is 409 g/mol. The summed E-state index contributed by atoms with van der Waals surface area (Å²) >= 11 is 5.90. The third kappa shape index (κ3) is 5.31. The largest absolute Gasteiger partial charge is 0.444 e. The molecular weight excluding hydrogens is 384 g/mol. The summed E-state index contributed by atoms with van der Waals surface area (Å²) in [5.74, 6) is 0.530. The molecule has 0 aliphatic carbocycles. The van der Waals surface area contributed by atoms with Crippen LogP contribution in [0.3, 0.4) is 0 Å². The number of hydrogen-bond donors (Lipinski definition) is 1. The Balaban J connectivity index is 1.44. The van der Waals surface area contributed by atoms with Crippen LogP contribution in [0.1, 0.15) is 45.9 Å². The Hall–Kier alpha value is -2.42. The van der Waals surface area contributed by atoms with Gasteiger partial charge in [0.2, 0.25) is 5.91 Å². The molecule has 3 rings (SSSR count). The predicted molar refractivity (Wildman–Crippen MR) is 103 cm³/mol. The zero-order chi connectivity index (χ0) is 20.3. The molecule has 0 unspecified atom stereocenters. The number of likely N-dealkylation sites (tertiary alicyclic amines) is 1. The van der Waals surface area contributed by atoms with Crippen LogP contribution in [0.15, 0.2) is 12.1 Å². The molecule has 1 aliphatic heterocycles. The van der Waals surface area contributed by atoms with Crippen LogP contribution >= 0.6 is 11.6 Å². The minimum atomic E-state index is -0.507. The molecule has 2 aromatic rings. The summed E-state index contributed by atoms with van der Waals surface area (Å²) in [4.78, 5) is 26.1. The number of nitrogens with zero attached hydrogens (tertiary/aromatic N) is 5. The highest BCUT2D eigenvalue weighted by molar-refractivity contribution is 6.29. The first-order valence-corrected chi connectivity index (χ1v) is 9.73. The van der Waals surface area contributed by atoms with E-state index in [1.807, 2.05) is 20.8 Å². The highest BCUT2D eigenvalue weighted by Gasteiger charge is 2.27. The minimum Gasteiger partial charge on any atom is -0.444 e. The highest BCUT2D eigenvalue weighted by Crippen LogP contribution is 2.16. The van der Waals surface area contributed by atoms with Gasteiger partial charge in [-0.05, 0) is 45.7 Å². The van der Waals surface area contributed by atoms with E-state index in [0.29, 0.717) is 49.0 Å². The van der Waals surface area contributed by atoms with Crippen molar-refractivity contribution in [1.29, 1.82) is 0 Å². The van der Waals surface area contributed by atoms with E-state index in [9.17, 15) is 9.59 Å². The molecule has 0 bridgehead atoms. The molecule has 1 fully saturated rings. The number of amides is 2. The number of rotatable bonds is 4. The fourth-order valence-electron chi connectivity index (χ4n) is 3.02. The van der Waals surface area contributed by atoms with Crippen molar-refractivity contribution in [2.75, 3.05) is 13.1 Å². The quantitative estimate of drug-likeness (QED) is 0.832. The Bertz CT molecular complexity index is 855. The van der Waals surface area contributed by atoms with Crippen molar-refractivity contribution in [3.63, 3.8) is 0 Å². The van der Waals surface area contributed by atoms with E-state index in [1.165, 1.54) is 0 Å². The lowest BCUT2D eigenvalue weighted by molar-refractivity contribution is -0.122. The molecule has 0 spiro atoms. The number of nitrogens with one attached hydrogen (secondary N) is 1. The van der Waals surface area contributed by atoms with E-state index in [0.717, 1.165) is 0 Å². The van der Waals surface area contributed by atoms with Gasteiger partial charge in [-0.3, -0.25) is 4.79 Å². The maximum Gasteiger partial charge on any atom is 0.410 e. The second-order valence-electron chi connectivity index (χ2n) is 7.85. The van der Waals surface area contributed by atoms with Gasteiger partial charge in [0.25, 0.3) is 0 Å². The molecule has 1 aliphatic rings. The summed E-state index contributed by atoms with van der Waals surface area (Å²) in [6.07, 6.45) is 1.80. The lowest BCUT2D eigenvalue weighted by Crippen LogP contribution is -2.47. The number of aromatic nitrogens is 4. The molecule has 28 heavy (non-hydrogen) atoms. The van der Waals surface area contributed by atoms with Gasteiger partial charge in [0, 0.05) is 32.0 Å². The monoisotopic (exact) mass is 408 g/mol. The van der Waals surface area contributed by atoms with Gasteiger partial charge in [-0.15, -0.1) is 10.2 Å². The smallest absolute Gasteiger partial charge is 0.410 e. The zero-order valence-corrected chi connectivity index (χ0v) is 17.1. The van der Waals surface area contributed by atoms with Gasteiger partial charge in [0.15, 0.2) is 11.5 Å². The summed E-state index contributed by atoms with van der Waals surface area (Å²) in [6, 6.07) is 3.42. The minimum absolute atomic E-state index is 0.0499. The second-order valence-corrected chi connectivity index (χ2v) is 8.24. The van der Waals surface area contributed by atoms with Crippen molar-refractivity contribution < 1.29 is 14.3 Å². The molecule has 0 atom stereocenters. The van der Waals surface area contributed by atoms with Crippen LogP contribution in [0.4, 0.5) is 4.79 Å². The number of carbonyl (C=O) groups excluding carboxylic acids is 2. The van der Waals surface area contributed by atoms with Crippen molar-refractivity contribution in [2.24, 2.45) is 0 Å². The maximum atomic E-state index is 12.3. The molecular formula is C18H25ClN6O3. The Morgan fingerprint density at radius 1 is 1.25 bits per heavy atom. The molecule has 0 saturated carbocycles. The van der Waals surface area contributed by atoms with Crippen molar-refractivity contribution in [2.45, 2.75) is 58.1 Å². The van der Waals surface area contributed by atoms with Crippen LogP contribution in [0.25, 0.3) is 5.65 Å². The van der Waals surface area contributed by atoms with E-state index in [2.05, 4.69) is 20.6 Å². The van der Waals surface area contributed by atoms with E-state index in [4.69, 9.17) is 16.3 Å². The molecule has 1 saturated heterocycles. The average Bonchev–Trinajstić information content (AvgIpc) is 3.01. The molecule has 2 aromatic heterocycles. The summed E-state index contributed by atoms with van der Waals surface area (Å²) in [6.45, 7) is 6.67. The number of carbonyl (C=O) groups is 2. The molecule has 10 heteroatoms. The van der Waals surface area contributed by atoms with Crippen LogP contribution in [-0.2, 0) is 16.0 Å². The number of ether oxygens (including phenoxy) is 1. The third-order valence-electron chi connectivity index (χ3n) is 4.38. The van der Waals surface area contributed by atoms with E-state index in [-0.39, 0.29) is 24.5 Å². The van der Waals surface area contributed by atoms with E-state index < -0.39 is 5.60 Å². The first-order valence-electron chi connectivity index (χ1n) is 9.35. The molecule has 152 valence electrons. The Morgan fingerprint density at radius 2 is 1.96 bits per heavy atom. The van der Waals surface area contributed by atoms with Crippen molar-refractivity contribution in [3.05, 3.63) is 23.1 Å². The molecule has 3 heterocycles.